The molecule has 3 rings (SSSR count). The van der Waals surface area contributed by atoms with E-state index in [0.29, 0.717) is 32.5 Å². The second kappa shape index (κ2) is 11.0. The lowest BCUT2D eigenvalue weighted by molar-refractivity contribution is -0.137. The number of rotatable bonds is 7. The van der Waals surface area contributed by atoms with Crippen molar-refractivity contribution in [2.45, 2.75) is 45.2 Å². The van der Waals surface area contributed by atoms with Crippen LogP contribution in [0.1, 0.15) is 44.6 Å². The SMILES string of the molecule is CCC1CN(C(=O)Nc2cccc(C(F)(F)F)c2)CCC1CC(=O)NCCN1CCCC1. The van der Waals surface area contributed by atoms with Crippen LogP contribution in [0.5, 0.6) is 0 Å². The number of hydrogen-bond acceptors (Lipinski definition) is 3. The fraction of sp³-hybridized carbons (Fsp3) is 0.652. The van der Waals surface area contributed by atoms with Gasteiger partial charge in [0.15, 0.2) is 0 Å². The summed E-state index contributed by atoms with van der Waals surface area (Å²) in [5.74, 6) is 0.430. The van der Waals surface area contributed by atoms with E-state index in [9.17, 15) is 22.8 Å². The molecule has 0 aliphatic carbocycles. The maximum Gasteiger partial charge on any atom is 0.416 e. The Morgan fingerprint density at radius 2 is 1.88 bits per heavy atom. The molecule has 2 saturated heterocycles. The largest absolute Gasteiger partial charge is 0.416 e. The Bertz CT molecular complexity index is 781. The van der Waals surface area contributed by atoms with E-state index < -0.39 is 17.8 Å². The Labute approximate surface area is 187 Å². The number of urea groups is 1. The van der Waals surface area contributed by atoms with Gasteiger partial charge in [0.2, 0.25) is 5.91 Å². The molecule has 2 fully saturated rings. The second-order valence-electron chi connectivity index (χ2n) is 8.77. The van der Waals surface area contributed by atoms with Gasteiger partial charge in [-0.2, -0.15) is 13.2 Å². The summed E-state index contributed by atoms with van der Waals surface area (Å²) in [6.45, 7) is 6.77. The summed E-state index contributed by atoms with van der Waals surface area (Å²) >= 11 is 0. The van der Waals surface area contributed by atoms with E-state index in [0.717, 1.165) is 38.2 Å². The molecule has 0 bridgehead atoms. The highest BCUT2D eigenvalue weighted by Crippen LogP contribution is 2.32. The molecule has 2 heterocycles. The first-order chi connectivity index (χ1) is 15.3. The fourth-order valence-corrected chi connectivity index (χ4v) is 4.64. The molecule has 0 radical (unpaired) electrons. The molecule has 2 aliphatic rings. The maximum absolute atomic E-state index is 12.9. The van der Waals surface area contributed by atoms with Crippen molar-refractivity contribution in [1.29, 1.82) is 0 Å². The van der Waals surface area contributed by atoms with Gasteiger partial charge < -0.3 is 20.4 Å². The third-order valence-electron chi connectivity index (χ3n) is 6.54. The van der Waals surface area contributed by atoms with Crippen LogP contribution in [-0.2, 0) is 11.0 Å². The molecule has 178 valence electrons. The highest BCUT2D eigenvalue weighted by molar-refractivity contribution is 5.89. The van der Waals surface area contributed by atoms with Gasteiger partial charge in [-0.25, -0.2) is 4.79 Å². The first kappa shape index (κ1) is 24.4. The van der Waals surface area contributed by atoms with Crippen molar-refractivity contribution < 1.29 is 22.8 Å². The van der Waals surface area contributed by atoms with E-state index >= 15 is 0 Å². The van der Waals surface area contributed by atoms with Crippen molar-refractivity contribution in [2.24, 2.45) is 11.8 Å². The number of hydrogen-bond donors (Lipinski definition) is 2. The molecule has 32 heavy (non-hydrogen) atoms. The lowest BCUT2D eigenvalue weighted by Crippen LogP contribution is -2.46. The third-order valence-corrected chi connectivity index (χ3v) is 6.54. The summed E-state index contributed by atoms with van der Waals surface area (Å²) in [6, 6.07) is 4.24. The lowest BCUT2D eigenvalue weighted by Gasteiger charge is -2.38. The monoisotopic (exact) mass is 454 g/mol. The van der Waals surface area contributed by atoms with Crippen LogP contribution in [0, 0.1) is 11.8 Å². The first-order valence-corrected chi connectivity index (χ1v) is 11.5. The summed E-state index contributed by atoms with van der Waals surface area (Å²) in [7, 11) is 0. The van der Waals surface area contributed by atoms with Crippen molar-refractivity contribution in [2.75, 3.05) is 44.6 Å². The van der Waals surface area contributed by atoms with Crippen LogP contribution in [0.15, 0.2) is 24.3 Å². The normalized spacial score (nSPS) is 22.1. The Morgan fingerprint density at radius 3 is 2.56 bits per heavy atom. The molecule has 2 aliphatic heterocycles. The van der Waals surface area contributed by atoms with Gasteiger partial charge in [0, 0.05) is 38.3 Å². The zero-order valence-electron chi connectivity index (χ0n) is 18.6. The van der Waals surface area contributed by atoms with E-state index in [1.165, 1.54) is 25.0 Å². The Hall–Kier alpha value is -2.29. The molecular weight excluding hydrogens is 421 g/mol. The van der Waals surface area contributed by atoms with Crippen LogP contribution >= 0.6 is 0 Å². The average Bonchev–Trinajstić information content (AvgIpc) is 3.27. The number of benzene rings is 1. The van der Waals surface area contributed by atoms with Crippen molar-refractivity contribution in [1.82, 2.24) is 15.1 Å². The standard InChI is InChI=1S/C23H33F3N4O2/c1-2-17-16-30(22(32)28-20-7-5-6-19(15-20)23(24,25)26)12-8-18(17)14-21(31)27-9-13-29-10-3-4-11-29/h5-7,15,17-18H,2-4,8-14,16H2,1H3,(H,27,31)(H,28,32). The van der Waals surface area contributed by atoms with Gasteiger partial charge in [0.25, 0.3) is 0 Å². The number of halogens is 3. The van der Waals surface area contributed by atoms with Gasteiger partial charge in [-0.15, -0.1) is 0 Å². The van der Waals surface area contributed by atoms with Gasteiger partial charge in [-0.3, -0.25) is 4.79 Å². The minimum atomic E-state index is -4.46. The molecule has 9 heteroatoms. The highest BCUT2D eigenvalue weighted by Gasteiger charge is 2.33. The van der Waals surface area contributed by atoms with Crippen LogP contribution < -0.4 is 10.6 Å². The number of nitrogens with zero attached hydrogens (tertiary/aromatic N) is 2. The van der Waals surface area contributed by atoms with Gasteiger partial charge in [0.05, 0.1) is 5.56 Å². The van der Waals surface area contributed by atoms with Crippen molar-refractivity contribution in [3.63, 3.8) is 0 Å². The summed E-state index contributed by atoms with van der Waals surface area (Å²) in [4.78, 5) is 29.0. The fourth-order valence-electron chi connectivity index (χ4n) is 4.64. The average molecular weight is 455 g/mol. The van der Waals surface area contributed by atoms with Crippen LogP contribution in [0.3, 0.4) is 0 Å². The Kier molecular flexibility index (Phi) is 8.39. The zero-order chi connectivity index (χ0) is 23.1. The predicted octanol–water partition coefficient (Wildman–Crippen LogP) is 4.19. The molecule has 2 N–H and O–H groups in total. The van der Waals surface area contributed by atoms with Crippen molar-refractivity contribution >= 4 is 17.6 Å². The minimum Gasteiger partial charge on any atom is -0.355 e. The van der Waals surface area contributed by atoms with Gasteiger partial charge in [-0.05, 0) is 62.4 Å². The van der Waals surface area contributed by atoms with Crippen LogP contribution in [0.4, 0.5) is 23.7 Å². The number of likely N-dealkylation sites (tertiary alicyclic amines) is 2. The number of nitrogens with one attached hydrogen (secondary N) is 2. The van der Waals surface area contributed by atoms with Crippen molar-refractivity contribution in [3.05, 3.63) is 29.8 Å². The molecule has 0 saturated carbocycles. The molecule has 0 spiro atoms. The van der Waals surface area contributed by atoms with E-state index in [2.05, 4.69) is 15.5 Å². The smallest absolute Gasteiger partial charge is 0.355 e. The second-order valence-corrected chi connectivity index (χ2v) is 8.77. The van der Waals surface area contributed by atoms with Gasteiger partial charge in [-0.1, -0.05) is 19.4 Å². The first-order valence-electron chi connectivity index (χ1n) is 11.5. The summed E-state index contributed by atoms with van der Waals surface area (Å²) in [5, 5.41) is 5.60. The number of carbonyl (C=O) groups excluding carboxylic acids is 2. The molecule has 1 aromatic carbocycles. The number of alkyl halides is 3. The quantitative estimate of drug-likeness (QED) is 0.650. The van der Waals surface area contributed by atoms with E-state index in [4.69, 9.17) is 0 Å². The van der Waals surface area contributed by atoms with Gasteiger partial charge >= 0.3 is 12.2 Å². The topological polar surface area (TPSA) is 64.7 Å². The Morgan fingerprint density at radius 1 is 1.12 bits per heavy atom. The van der Waals surface area contributed by atoms with Crippen LogP contribution in [0.2, 0.25) is 0 Å². The molecule has 2 unspecified atom stereocenters. The Balaban J connectivity index is 1.47. The number of anilines is 1. The van der Waals surface area contributed by atoms with Gasteiger partial charge in [0.1, 0.15) is 0 Å². The number of piperidine rings is 1. The summed E-state index contributed by atoms with van der Waals surface area (Å²) < 4.78 is 38.7. The molecule has 0 aromatic heterocycles. The van der Waals surface area contributed by atoms with E-state index in [1.807, 2.05) is 6.92 Å². The molecular formula is C23H33F3N4O2. The van der Waals surface area contributed by atoms with E-state index in [-0.39, 0.29) is 23.4 Å². The molecule has 3 amide bonds. The third kappa shape index (κ3) is 6.85. The number of amides is 3. The minimum absolute atomic E-state index is 0.0505. The molecule has 1 aromatic rings. The van der Waals surface area contributed by atoms with Crippen molar-refractivity contribution in [3.8, 4) is 0 Å². The summed E-state index contributed by atoms with van der Waals surface area (Å²) in [5.41, 5.74) is -0.673. The van der Waals surface area contributed by atoms with Crippen LogP contribution in [0.25, 0.3) is 0 Å². The highest BCUT2D eigenvalue weighted by atomic mass is 19.4. The van der Waals surface area contributed by atoms with E-state index in [1.54, 1.807) is 4.90 Å². The number of carbonyl (C=O) groups is 2. The lowest BCUT2D eigenvalue weighted by atomic mass is 9.81. The van der Waals surface area contributed by atoms with Crippen LogP contribution in [-0.4, -0.2) is 61.0 Å². The zero-order valence-corrected chi connectivity index (χ0v) is 18.6. The molecule has 2 atom stereocenters. The maximum atomic E-state index is 12.9. The predicted molar refractivity (Wildman–Crippen MR) is 117 cm³/mol. The summed E-state index contributed by atoms with van der Waals surface area (Å²) in [6.07, 6.45) is -0.0196. The molecule has 6 nitrogen and oxygen atoms in total.